The Bertz CT molecular complexity index is 1100. The summed E-state index contributed by atoms with van der Waals surface area (Å²) < 4.78 is 45.0. The van der Waals surface area contributed by atoms with Gasteiger partial charge in [-0.15, -0.1) is 0 Å². The van der Waals surface area contributed by atoms with E-state index in [0.29, 0.717) is 23.7 Å². The fraction of sp³-hybridized carbons (Fsp3) is 0.273. The summed E-state index contributed by atoms with van der Waals surface area (Å²) in [4.78, 5) is 12.8. The van der Waals surface area contributed by atoms with Crippen LogP contribution in [0, 0.1) is 11.6 Å². The second-order valence-electron chi connectivity index (χ2n) is 6.69. The molecule has 0 saturated carbocycles. The summed E-state index contributed by atoms with van der Waals surface area (Å²) in [6, 6.07) is 6.73. The van der Waals surface area contributed by atoms with Crippen molar-refractivity contribution in [1.29, 1.82) is 0 Å². The molecule has 0 unspecified atom stereocenters. The predicted molar refractivity (Wildman–Crippen MR) is 111 cm³/mol. The van der Waals surface area contributed by atoms with Crippen molar-refractivity contribution in [2.24, 2.45) is 7.05 Å². The Morgan fingerprint density at radius 2 is 1.81 bits per heavy atom. The van der Waals surface area contributed by atoms with Crippen molar-refractivity contribution in [3.63, 3.8) is 0 Å². The highest BCUT2D eigenvalue weighted by molar-refractivity contribution is 5.99. The quantitative estimate of drug-likeness (QED) is 0.592. The number of ether oxygens (including phenoxy) is 3. The standard InChI is InChI=1S/C22H23F2N3O4/c1-27-12-16(19(26-27)15-7-6-14(23)11-17(15)24)22(28)25-10-9-13-5-8-18(29-2)21(31-4)20(13)30-3/h5-8,11-12H,9-10H2,1-4H3,(H,25,28). The number of aryl methyl sites for hydroxylation is 1. The van der Waals surface area contributed by atoms with Crippen LogP contribution in [0.15, 0.2) is 36.5 Å². The van der Waals surface area contributed by atoms with Crippen molar-refractivity contribution in [2.75, 3.05) is 27.9 Å². The minimum atomic E-state index is -0.789. The van der Waals surface area contributed by atoms with Gasteiger partial charge in [0.2, 0.25) is 5.75 Å². The van der Waals surface area contributed by atoms with E-state index in [4.69, 9.17) is 14.2 Å². The number of nitrogens with one attached hydrogen (secondary N) is 1. The summed E-state index contributed by atoms with van der Waals surface area (Å²) in [6.07, 6.45) is 1.94. The molecule has 3 aromatic rings. The highest BCUT2D eigenvalue weighted by Crippen LogP contribution is 2.39. The van der Waals surface area contributed by atoms with E-state index >= 15 is 0 Å². The van der Waals surface area contributed by atoms with Crippen molar-refractivity contribution < 1.29 is 27.8 Å². The normalized spacial score (nSPS) is 10.6. The van der Waals surface area contributed by atoms with Crippen molar-refractivity contribution in [3.05, 3.63) is 59.3 Å². The smallest absolute Gasteiger partial charge is 0.255 e. The molecular formula is C22H23F2N3O4. The molecule has 0 saturated heterocycles. The van der Waals surface area contributed by atoms with E-state index < -0.39 is 17.5 Å². The molecule has 0 fully saturated rings. The van der Waals surface area contributed by atoms with Gasteiger partial charge in [0.15, 0.2) is 11.5 Å². The molecule has 7 nitrogen and oxygen atoms in total. The van der Waals surface area contributed by atoms with Crippen LogP contribution in [0.25, 0.3) is 11.3 Å². The van der Waals surface area contributed by atoms with Gasteiger partial charge in [0, 0.05) is 37.0 Å². The van der Waals surface area contributed by atoms with Gasteiger partial charge in [0.25, 0.3) is 5.91 Å². The molecule has 0 aliphatic carbocycles. The van der Waals surface area contributed by atoms with E-state index in [1.54, 1.807) is 13.1 Å². The number of nitrogens with zero attached hydrogens (tertiary/aromatic N) is 2. The number of carbonyl (C=O) groups is 1. The number of hydrogen-bond donors (Lipinski definition) is 1. The number of rotatable bonds is 8. The highest BCUT2D eigenvalue weighted by atomic mass is 19.1. The molecule has 9 heteroatoms. The molecule has 1 aromatic heterocycles. The largest absolute Gasteiger partial charge is 0.493 e. The molecule has 3 rings (SSSR count). The van der Waals surface area contributed by atoms with Gasteiger partial charge in [-0.2, -0.15) is 5.10 Å². The minimum Gasteiger partial charge on any atom is -0.493 e. The third-order valence-corrected chi connectivity index (χ3v) is 4.73. The SMILES string of the molecule is COc1ccc(CCNC(=O)c2cn(C)nc2-c2ccc(F)cc2F)c(OC)c1OC. The second-order valence-corrected chi connectivity index (χ2v) is 6.69. The average molecular weight is 431 g/mol. The molecule has 1 N–H and O–H groups in total. The first kappa shape index (κ1) is 22.1. The van der Waals surface area contributed by atoms with Crippen LogP contribution in [-0.4, -0.2) is 43.6 Å². The van der Waals surface area contributed by atoms with Crippen molar-refractivity contribution in [3.8, 4) is 28.5 Å². The second kappa shape index (κ2) is 9.46. The van der Waals surface area contributed by atoms with E-state index in [2.05, 4.69) is 10.4 Å². The fourth-order valence-electron chi connectivity index (χ4n) is 3.30. The highest BCUT2D eigenvalue weighted by Gasteiger charge is 2.21. The van der Waals surface area contributed by atoms with Gasteiger partial charge in [0.1, 0.15) is 17.3 Å². The van der Waals surface area contributed by atoms with Crippen molar-refractivity contribution in [1.82, 2.24) is 15.1 Å². The Morgan fingerprint density at radius 3 is 2.45 bits per heavy atom. The molecule has 0 aliphatic heterocycles. The maximum atomic E-state index is 14.2. The van der Waals surface area contributed by atoms with Gasteiger partial charge < -0.3 is 19.5 Å². The third-order valence-electron chi connectivity index (χ3n) is 4.73. The topological polar surface area (TPSA) is 74.6 Å². The van der Waals surface area contributed by atoms with Gasteiger partial charge in [-0.25, -0.2) is 8.78 Å². The van der Waals surface area contributed by atoms with Crippen LogP contribution >= 0.6 is 0 Å². The lowest BCUT2D eigenvalue weighted by Gasteiger charge is -2.16. The van der Waals surface area contributed by atoms with Crippen LogP contribution in [0.4, 0.5) is 8.78 Å². The van der Waals surface area contributed by atoms with Crippen LogP contribution in [-0.2, 0) is 13.5 Å². The van der Waals surface area contributed by atoms with Gasteiger partial charge in [-0.05, 0) is 24.6 Å². The Morgan fingerprint density at radius 1 is 1.06 bits per heavy atom. The first-order chi connectivity index (χ1) is 14.9. The van der Waals surface area contributed by atoms with Crippen molar-refractivity contribution >= 4 is 5.91 Å². The van der Waals surface area contributed by atoms with Gasteiger partial charge in [-0.1, -0.05) is 6.07 Å². The van der Waals surface area contributed by atoms with Gasteiger partial charge in [-0.3, -0.25) is 9.48 Å². The molecule has 164 valence electrons. The zero-order valence-electron chi connectivity index (χ0n) is 17.7. The summed E-state index contributed by atoms with van der Waals surface area (Å²) in [6.45, 7) is 0.283. The molecule has 0 aliphatic rings. The van der Waals surface area contributed by atoms with Crippen LogP contribution in [0.2, 0.25) is 0 Å². The van der Waals surface area contributed by atoms with Crippen molar-refractivity contribution in [2.45, 2.75) is 6.42 Å². The zero-order chi connectivity index (χ0) is 22.5. The third kappa shape index (κ3) is 4.60. The summed E-state index contributed by atoms with van der Waals surface area (Å²) in [7, 11) is 6.20. The molecule has 1 amide bonds. The fourth-order valence-corrected chi connectivity index (χ4v) is 3.30. The number of aromatic nitrogens is 2. The number of benzene rings is 2. The van der Waals surface area contributed by atoms with Crippen LogP contribution in [0.5, 0.6) is 17.2 Å². The van der Waals surface area contributed by atoms with E-state index in [0.717, 1.165) is 17.7 Å². The molecule has 0 spiro atoms. The first-order valence-electron chi connectivity index (χ1n) is 9.44. The minimum absolute atomic E-state index is 0.0497. The molecule has 1 heterocycles. The summed E-state index contributed by atoms with van der Waals surface area (Å²) in [5.74, 6) is -0.392. The Balaban J connectivity index is 1.77. The monoisotopic (exact) mass is 431 g/mol. The lowest BCUT2D eigenvalue weighted by Crippen LogP contribution is -2.26. The molecule has 0 atom stereocenters. The van der Waals surface area contributed by atoms with E-state index in [1.807, 2.05) is 6.07 Å². The van der Waals surface area contributed by atoms with E-state index in [9.17, 15) is 13.6 Å². The summed E-state index contributed by atoms with van der Waals surface area (Å²) >= 11 is 0. The Labute approximate surface area is 178 Å². The lowest BCUT2D eigenvalue weighted by atomic mass is 10.1. The van der Waals surface area contributed by atoms with Gasteiger partial charge >= 0.3 is 0 Å². The lowest BCUT2D eigenvalue weighted by molar-refractivity contribution is 0.0954. The van der Waals surface area contributed by atoms with E-state index in [-0.39, 0.29) is 23.4 Å². The number of hydrogen-bond acceptors (Lipinski definition) is 5. The zero-order valence-corrected chi connectivity index (χ0v) is 17.7. The number of halogens is 2. The average Bonchev–Trinajstić information content (AvgIpc) is 3.14. The van der Waals surface area contributed by atoms with Crippen LogP contribution < -0.4 is 19.5 Å². The van der Waals surface area contributed by atoms with Gasteiger partial charge in [0.05, 0.1) is 26.9 Å². The maximum absolute atomic E-state index is 14.2. The predicted octanol–water partition coefficient (Wildman–Crippen LogP) is 3.36. The first-order valence-corrected chi connectivity index (χ1v) is 9.44. The summed E-state index contributed by atoms with van der Waals surface area (Å²) in [5.41, 5.74) is 1.19. The van der Waals surface area contributed by atoms with Crippen LogP contribution in [0.3, 0.4) is 0 Å². The molecule has 31 heavy (non-hydrogen) atoms. The Kier molecular flexibility index (Phi) is 6.74. The Hall–Kier alpha value is -3.62. The number of methoxy groups -OCH3 is 3. The molecule has 2 aromatic carbocycles. The number of amides is 1. The molecular weight excluding hydrogens is 408 g/mol. The number of carbonyl (C=O) groups excluding carboxylic acids is 1. The summed E-state index contributed by atoms with van der Waals surface area (Å²) in [5, 5.41) is 6.97. The molecule has 0 radical (unpaired) electrons. The van der Waals surface area contributed by atoms with Crippen LogP contribution in [0.1, 0.15) is 15.9 Å². The molecule has 0 bridgehead atoms. The van der Waals surface area contributed by atoms with E-state index in [1.165, 1.54) is 38.3 Å². The maximum Gasteiger partial charge on any atom is 0.255 e.